The molecule has 1 aliphatic heterocycles. The number of hydrogen-bond donors (Lipinski definition) is 2. The van der Waals surface area contributed by atoms with E-state index in [0.717, 1.165) is 25.0 Å². The molecule has 2 heterocycles. The molecule has 0 spiro atoms. The molecule has 0 amide bonds. The second-order valence-electron chi connectivity index (χ2n) is 9.38. The SMILES string of the molecule is C=S(C)(=O)N1CCC(O)(CNc2ncnc(N(Cc3ccc(C(F)(F)F)cc3)C3CC3)c2F)CC1. The van der Waals surface area contributed by atoms with Crippen molar-refractivity contribution in [3.05, 3.63) is 47.5 Å². The van der Waals surface area contributed by atoms with Crippen molar-refractivity contribution in [1.29, 1.82) is 0 Å². The van der Waals surface area contributed by atoms with E-state index in [1.165, 1.54) is 18.5 Å². The Labute approximate surface area is 202 Å². The summed E-state index contributed by atoms with van der Waals surface area (Å²) in [5.41, 5.74) is -1.25. The van der Waals surface area contributed by atoms with Crippen LogP contribution in [0.4, 0.5) is 29.2 Å². The normalized spacial score (nSPS) is 20.3. The van der Waals surface area contributed by atoms with Crippen molar-refractivity contribution in [1.82, 2.24) is 14.3 Å². The van der Waals surface area contributed by atoms with Gasteiger partial charge in [0.2, 0.25) is 5.82 Å². The van der Waals surface area contributed by atoms with Gasteiger partial charge in [0.1, 0.15) is 6.33 Å². The Balaban J connectivity index is 1.45. The average molecular weight is 516 g/mol. The third kappa shape index (κ3) is 6.22. The second kappa shape index (κ2) is 9.55. The smallest absolute Gasteiger partial charge is 0.388 e. The molecule has 12 heteroatoms. The van der Waals surface area contributed by atoms with Crippen molar-refractivity contribution in [2.45, 2.75) is 50.0 Å². The Bertz CT molecular complexity index is 1150. The molecule has 1 saturated heterocycles. The van der Waals surface area contributed by atoms with E-state index in [1.54, 1.807) is 15.5 Å². The predicted octanol–water partition coefficient (Wildman–Crippen LogP) is 3.30. The molecule has 0 bridgehead atoms. The number of nitrogens with zero attached hydrogens (tertiary/aromatic N) is 4. The molecule has 1 unspecified atom stereocenters. The zero-order valence-electron chi connectivity index (χ0n) is 19.4. The summed E-state index contributed by atoms with van der Waals surface area (Å²) in [7, 11) is -2.34. The standard InChI is InChI=1S/C23H29F4N5O2S/c1-35(2,34)31-11-9-22(33,10-12-31)14-28-20-19(24)21(30-15-29-20)32(18-7-8-18)13-16-3-5-17(6-4-16)23(25,26)27/h3-6,15,18,33H,1,7-14H2,2H3,(H,28,29,30). The lowest BCUT2D eigenvalue weighted by Gasteiger charge is -2.38. The summed E-state index contributed by atoms with van der Waals surface area (Å²) in [5, 5.41) is 13.8. The lowest BCUT2D eigenvalue weighted by atomic mass is 9.92. The van der Waals surface area contributed by atoms with Gasteiger partial charge in [-0.1, -0.05) is 12.1 Å². The van der Waals surface area contributed by atoms with E-state index >= 15 is 4.39 Å². The average Bonchev–Trinajstić information content (AvgIpc) is 3.62. The van der Waals surface area contributed by atoms with E-state index in [4.69, 9.17) is 0 Å². The van der Waals surface area contributed by atoms with Gasteiger partial charge < -0.3 is 15.3 Å². The Morgan fingerprint density at radius 3 is 2.40 bits per heavy atom. The third-order valence-corrected chi connectivity index (χ3v) is 7.91. The largest absolute Gasteiger partial charge is 0.416 e. The number of benzene rings is 1. The molecule has 192 valence electrons. The quantitative estimate of drug-likeness (QED) is 0.415. The molecule has 2 N–H and O–H groups in total. The van der Waals surface area contributed by atoms with Crippen molar-refractivity contribution < 1.29 is 26.9 Å². The first kappa shape index (κ1) is 25.6. The van der Waals surface area contributed by atoms with Gasteiger partial charge in [0.15, 0.2) is 11.6 Å². The summed E-state index contributed by atoms with van der Waals surface area (Å²) in [6, 6.07) is 4.84. The van der Waals surface area contributed by atoms with E-state index < -0.39 is 32.9 Å². The van der Waals surface area contributed by atoms with Crippen LogP contribution in [0.2, 0.25) is 0 Å². The van der Waals surface area contributed by atoms with Crippen LogP contribution in [-0.4, -0.2) is 67.0 Å². The highest BCUT2D eigenvalue weighted by Gasteiger charge is 2.36. The van der Waals surface area contributed by atoms with Crippen LogP contribution < -0.4 is 10.2 Å². The molecular weight excluding hydrogens is 486 g/mol. The minimum atomic E-state index is -4.42. The van der Waals surface area contributed by atoms with Gasteiger partial charge in [-0.25, -0.2) is 14.3 Å². The van der Waals surface area contributed by atoms with Crippen LogP contribution >= 0.6 is 0 Å². The van der Waals surface area contributed by atoms with Gasteiger partial charge in [-0.05, 0) is 49.2 Å². The van der Waals surface area contributed by atoms with E-state index in [0.29, 0.717) is 31.5 Å². The van der Waals surface area contributed by atoms with Crippen LogP contribution in [0.3, 0.4) is 0 Å². The Morgan fingerprint density at radius 2 is 1.86 bits per heavy atom. The van der Waals surface area contributed by atoms with Gasteiger partial charge in [0.05, 0.1) is 11.2 Å². The van der Waals surface area contributed by atoms with E-state index in [1.807, 2.05) is 0 Å². The number of aromatic nitrogens is 2. The fourth-order valence-corrected chi connectivity index (χ4v) is 5.11. The van der Waals surface area contributed by atoms with Crippen LogP contribution in [0.15, 0.2) is 30.6 Å². The maximum Gasteiger partial charge on any atom is 0.416 e. The fourth-order valence-electron chi connectivity index (χ4n) is 4.16. The Hall–Kier alpha value is -2.44. The minimum Gasteiger partial charge on any atom is -0.388 e. The first-order valence-electron chi connectivity index (χ1n) is 11.3. The molecule has 7 nitrogen and oxygen atoms in total. The van der Waals surface area contributed by atoms with E-state index in [9.17, 15) is 22.5 Å². The molecule has 2 fully saturated rings. The van der Waals surface area contributed by atoms with Gasteiger partial charge in [-0.2, -0.15) is 17.6 Å². The molecule has 2 aromatic rings. The van der Waals surface area contributed by atoms with Crippen LogP contribution in [-0.2, 0) is 22.4 Å². The molecule has 2 aliphatic rings. The maximum atomic E-state index is 15.4. The minimum absolute atomic E-state index is 0.0367. The molecule has 35 heavy (non-hydrogen) atoms. The summed E-state index contributed by atoms with van der Waals surface area (Å²) >= 11 is 0. The first-order valence-corrected chi connectivity index (χ1v) is 13.4. The number of rotatable bonds is 8. The number of alkyl halides is 3. The van der Waals surface area contributed by atoms with Crippen molar-refractivity contribution in [2.24, 2.45) is 0 Å². The molecule has 1 aliphatic carbocycles. The highest BCUT2D eigenvalue weighted by molar-refractivity contribution is 7.97. The van der Waals surface area contributed by atoms with Crippen LogP contribution in [0, 0.1) is 5.82 Å². The lowest BCUT2D eigenvalue weighted by molar-refractivity contribution is -0.137. The molecule has 0 radical (unpaired) electrons. The van der Waals surface area contributed by atoms with Crippen molar-refractivity contribution >= 4 is 27.2 Å². The number of anilines is 2. The van der Waals surface area contributed by atoms with Crippen LogP contribution in [0.5, 0.6) is 0 Å². The van der Waals surface area contributed by atoms with Gasteiger partial charge in [-0.3, -0.25) is 4.21 Å². The summed E-state index contributed by atoms with van der Waals surface area (Å²) < 4.78 is 67.9. The highest BCUT2D eigenvalue weighted by Crippen LogP contribution is 2.35. The fraction of sp³-hybridized carbons (Fsp3) is 0.522. The molecule has 4 rings (SSSR count). The summed E-state index contributed by atoms with van der Waals surface area (Å²) in [4.78, 5) is 9.84. The topological polar surface area (TPSA) is 81.6 Å². The number of halogens is 4. The maximum absolute atomic E-state index is 15.4. The van der Waals surface area contributed by atoms with E-state index in [2.05, 4.69) is 21.2 Å². The summed E-state index contributed by atoms with van der Waals surface area (Å²) in [5.74, 6) is 3.00. The zero-order chi connectivity index (χ0) is 25.4. The number of piperidine rings is 1. The van der Waals surface area contributed by atoms with Gasteiger partial charge in [-0.15, -0.1) is 0 Å². The Kier molecular flexibility index (Phi) is 7.00. The van der Waals surface area contributed by atoms with Gasteiger partial charge in [0, 0.05) is 48.2 Å². The first-order chi connectivity index (χ1) is 16.4. The van der Waals surface area contributed by atoms with Crippen molar-refractivity contribution in [3.63, 3.8) is 0 Å². The van der Waals surface area contributed by atoms with Gasteiger partial charge in [0.25, 0.3) is 0 Å². The third-order valence-electron chi connectivity index (χ3n) is 6.45. The Morgan fingerprint density at radius 1 is 1.23 bits per heavy atom. The lowest BCUT2D eigenvalue weighted by Crippen LogP contribution is -2.49. The molecule has 1 aromatic heterocycles. The van der Waals surface area contributed by atoms with Crippen molar-refractivity contribution in [3.8, 4) is 0 Å². The van der Waals surface area contributed by atoms with Crippen LogP contribution in [0.25, 0.3) is 0 Å². The summed E-state index contributed by atoms with van der Waals surface area (Å²) in [6.45, 7) is 1.09. The molecule has 1 saturated carbocycles. The monoisotopic (exact) mass is 515 g/mol. The second-order valence-corrected chi connectivity index (χ2v) is 11.8. The number of aliphatic hydroxyl groups is 1. The molecular formula is C23H29F4N5O2S. The zero-order valence-corrected chi connectivity index (χ0v) is 20.2. The molecule has 1 atom stereocenters. The number of hydrogen-bond acceptors (Lipinski definition) is 6. The number of nitrogens with one attached hydrogen (secondary N) is 1. The van der Waals surface area contributed by atoms with Gasteiger partial charge >= 0.3 is 6.18 Å². The predicted molar refractivity (Wildman–Crippen MR) is 128 cm³/mol. The van der Waals surface area contributed by atoms with Crippen molar-refractivity contribution in [2.75, 3.05) is 36.1 Å². The summed E-state index contributed by atoms with van der Waals surface area (Å²) in [6.07, 6.45) is 0.724. The molecule has 1 aromatic carbocycles. The van der Waals surface area contributed by atoms with E-state index in [-0.39, 0.29) is 30.8 Å². The van der Waals surface area contributed by atoms with Crippen LogP contribution in [0.1, 0.15) is 36.8 Å². The highest BCUT2D eigenvalue weighted by atomic mass is 32.2.